The Morgan fingerprint density at radius 3 is 2.64 bits per heavy atom. The van der Waals surface area contributed by atoms with Gasteiger partial charge in [0.25, 0.3) is 5.91 Å². The maximum absolute atomic E-state index is 11.5. The van der Waals surface area contributed by atoms with Gasteiger partial charge >= 0.3 is 0 Å². The average molecular weight is 187 g/mol. The zero-order chi connectivity index (χ0) is 9.97. The lowest BCUT2D eigenvalue weighted by Crippen LogP contribution is -1.97. The summed E-state index contributed by atoms with van der Waals surface area (Å²) >= 11 is 0. The monoisotopic (exact) mass is 187 g/mol. The lowest BCUT2D eigenvalue weighted by Gasteiger charge is -2.00. The fraction of sp³-hybridized carbons (Fsp3) is 0.333. The van der Waals surface area contributed by atoms with Crippen molar-refractivity contribution in [3.05, 3.63) is 35.4 Å². The highest BCUT2D eigenvalue weighted by atomic mass is 16.1. The van der Waals surface area contributed by atoms with Crippen LogP contribution in [-0.2, 0) is 0 Å². The molecule has 1 aliphatic heterocycles. The number of hydrogen-bond donors (Lipinski definition) is 0. The molecular weight excluding hydrogens is 174 g/mol. The Bertz CT molecular complexity index is 393. The quantitative estimate of drug-likeness (QED) is 0.715. The number of hydrogen-bond acceptors (Lipinski definition) is 1. The Labute approximate surface area is 83.7 Å². The van der Waals surface area contributed by atoms with E-state index in [-0.39, 0.29) is 5.91 Å². The first-order chi connectivity index (χ1) is 6.83. The number of rotatable bonds is 3. The third kappa shape index (κ3) is 1.48. The maximum atomic E-state index is 11.5. The van der Waals surface area contributed by atoms with Crippen LogP contribution >= 0.6 is 0 Å². The average Bonchev–Trinajstić information content (AvgIpc) is 2.54. The Balaban J connectivity index is 2.29. The Morgan fingerprint density at radius 2 is 1.93 bits per heavy atom. The molecule has 0 saturated carbocycles. The number of amides is 1. The fourth-order valence-corrected chi connectivity index (χ4v) is 1.70. The molecular formula is C12H13NO. The molecule has 0 aliphatic carbocycles. The second-order valence-corrected chi connectivity index (χ2v) is 3.51. The molecule has 0 aromatic heterocycles. The van der Waals surface area contributed by atoms with Crippen LogP contribution in [0.5, 0.6) is 0 Å². The normalized spacial score (nSPS) is 14.1. The summed E-state index contributed by atoms with van der Waals surface area (Å²) in [5, 5.41) is 0. The van der Waals surface area contributed by atoms with Gasteiger partial charge in [-0.15, -0.1) is 0 Å². The molecule has 0 N–H and O–H groups in total. The van der Waals surface area contributed by atoms with E-state index < -0.39 is 0 Å². The van der Waals surface area contributed by atoms with E-state index >= 15 is 0 Å². The number of carbonyl (C=O) groups excluding carboxylic acids is 1. The lowest BCUT2D eigenvalue weighted by atomic mass is 10.0. The van der Waals surface area contributed by atoms with Crippen LogP contribution in [-0.4, -0.2) is 11.6 Å². The molecule has 1 aliphatic rings. The first-order valence-corrected chi connectivity index (χ1v) is 5.04. The van der Waals surface area contributed by atoms with Crippen molar-refractivity contribution in [1.82, 2.24) is 0 Å². The number of carbonyl (C=O) groups is 1. The molecule has 0 atom stereocenters. The van der Waals surface area contributed by atoms with Crippen molar-refractivity contribution in [2.75, 3.05) is 0 Å². The number of nitrogens with zero attached hydrogens (tertiary/aromatic N) is 1. The molecule has 1 aromatic carbocycles. The second-order valence-electron chi connectivity index (χ2n) is 3.51. The van der Waals surface area contributed by atoms with Gasteiger partial charge in [-0.3, -0.25) is 4.79 Å². The van der Waals surface area contributed by atoms with E-state index in [0.717, 1.165) is 36.1 Å². The van der Waals surface area contributed by atoms with Gasteiger partial charge in [-0.1, -0.05) is 31.5 Å². The standard InChI is InChI=1S/C12H13NO/c1-2-3-8-11-9-6-4-5-7-10(9)12(14)13-11/h4-7H,2-3,8H2,1H3. The predicted octanol–water partition coefficient (Wildman–Crippen LogP) is 2.82. The van der Waals surface area contributed by atoms with E-state index in [0.29, 0.717) is 0 Å². The SMILES string of the molecule is CCCCC1=NC(=O)c2ccccc21. The van der Waals surface area contributed by atoms with Crippen molar-refractivity contribution in [2.24, 2.45) is 4.99 Å². The summed E-state index contributed by atoms with van der Waals surface area (Å²) in [5.74, 6) is -0.0771. The molecule has 2 nitrogen and oxygen atoms in total. The molecule has 1 heterocycles. The first kappa shape index (κ1) is 9.13. The first-order valence-electron chi connectivity index (χ1n) is 5.04. The van der Waals surface area contributed by atoms with Gasteiger partial charge in [0.2, 0.25) is 0 Å². The van der Waals surface area contributed by atoms with Crippen LogP contribution in [0.3, 0.4) is 0 Å². The van der Waals surface area contributed by atoms with Crippen LogP contribution < -0.4 is 0 Å². The van der Waals surface area contributed by atoms with E-state index in [4.69, 9.17) is 0 Å². The van der Waals surface area contributed by atoms with Crippen molar-refractivity contribution in [3.8, 4) is 0 Å². The van der Waals surface area contributed by atoms with Crippen molar-refractivity contribution < 1.29 is 4.79 Å². The largest absolute Gasteiger partial charge is 0.277 e. The van der Waals surface area contributed by atoms with E-state index in [1.165, 1.54) is 0 Å². The van der Waals surface area contributed by atoms with Crippen LogP contribution in [0.4, 0.5) is 0 Å². The minimum atomic E-state index is -0.0771. The highest BCUT2D eigenvalue weighted by Gasteiger charge is 2.21. The summed E-state index contributed by atoms with van der Waals surface area (Å²) < 4.78 is 0. The van der Waals surface area contributed by atoms with E-state index in [1.54, 1.807) is 0 Å². The third-order valence-electron chi connectivity index (χ3n) is 2.47. The molecule has 14 heavy (non-hydrogen) atoms. The smallest absolute Gasteiger partial charge is 0.267 e. The minimum absolute atomic E-state index is 0.0771. The second kappa shape index (κ2) is 3.74. The van der Waals surface area contributed by atoms with Crippen molar-refractivity contribution in [2.45, 2.75) is 26.2 Å². The molecule has 2 rings (SSSR count). The summed E-state index contributed by atoms with van der Waals surface area (Å²) in [5.41, 5.74) is 2.76. The van der Waals surface area contributed by atoms with Gasteiger partial charge in [0.05, 0.1) is 11.3 Å². The minimum Gasteiger partial charge on any atom is -0.267 e. The summed E-state index contributed by atoms with van der Waals surface area (Å²) in [6.45, 7) is 2.14. The number of fused-ring (bicyclic) bond motifs is 1. The molecule has 0 saturated heterocycles. The zero-order valence-electron chi connectivity index (χ0n) is 8.29. The Morgan fingerprint density at radius 1 is 1.21 bits per heavy atom. The number of benzene rings is 1. The molecule has 1 aromatic rings. The molecule has 0 radical (unpaired) electrons. The molecule has 0 bridgehead atoms. The molecule has 0 spiro atoms. The van der Waals surface area contributed by atoms with Crippen molar-refractivity contribution >= 4 is 11.6 Å². The van der Waals surface area contributed by atoms with Crippen molar-refractivity contribution in [3.63, 3.8) is 0 Å². The van der Waals surface area contributed by atoms with Gasteiger partial charge in [-0.2, -0.15) is 0 Å². The highest BCUT2D eigenvalue weighted by molar-refractivity contribution is 6.21. The third-order valence-corrected chi connectivity index (χ3v) is 2.47. The van der Waals surface area contributed by atoms with Crippen molar-refractivity contribution in [1.29, 1.82) is 0 Å². The van der Waals surface area contributed by atoms with Gasteiger partial charge < -0.3 is 0 Å². The summed E-state index contributed by atoms with van der Waals surface area (Å²) in [4.78, 5) is 15.5. The van der Waals surface area contributed by atoms with Crippen LogP contribution in [0, 0.1) is 0 Å². The van der Waals surface area contributed by atoms with Crippen LogP contribution in [0.25, 0.3) is 0 Å². The molecule has 0 fully saturated rings. The van der Waals surface area contributed by atoms with Gasteiger partial charge in [0.1, 0.15) is 0 Å². The van der Waals surface area contributed by atoms with Crippen LogP contribution in [0.1, 0.15) is 42.1 Å². The number of aliphatic imine (C=N–C) groups is 1. The van der Waals surface area contributed by atoms with Crippen LogP contribution in [0.15, 0.2) is 29.3 Å². The summed E-state index contributed by atoms with van der Waals surface area (Å²) in [7, 11) is 0. The highest BCUT2D eigenvalue weighted by Crippen LogP contribution is 2.21. The molecule has 1 amide bonds. The van der Waals surface area contributed by atoms with Gasteiger partial charge in [-0.05, 0) is 18.9 Å². The molecule has 0 unspecified atom stereocenters. The van der Waals surface area contributed by atoms with Crippen LogP contribution in [0.2, 0.25) is 0 Å². The molecule has 2 heteroatoms. The fourth-order valence-electron chi connectivity index (χ4n) is 1.70. The zero-order valence-corrected chi connectivity index (χ0v) is 8.29. The lowest BCUT2D eigenvalue weighted by molar-refractivity contribution is 0.101. The Kier molecular flexibility index (Phi) is 2.44. The van der Waals surface area contributed by atoms with E-state index in [1.807, 2.05) is 24.3 Å². The maximum Gasteiger partial charge on any atom is 0.277 e. The van der Waals surface area contributed by atoms with Gasteiger partial charge in [0, 0.05) is 5.56 Å². The van der Waals surface area contributed by atoms with E-state index in [2.05, 4.69) is 11.9 Å². The summed E-state index contributed by atoms with van der Waals surface area (Å²) in [6.07, 6.45) is 3.15. The van der Waals surface area contributed by atoms with E-state index in [9.17, 15) is 4.79 Å². The number of unbranched alkanes of at least 4 members (excludes halogenated alkanes) is 1. The predicted molar refractivity (Wildman–Crippen MR) is 56.8 cm³/mol. The topological polar surface area (TPSA) is 29.4 Å². The molecule has 72 valence electrons. The van der Waals surface area contributed by atoms with Gasteiger partial charge in [0.15, 0.2) is 0 Å². The Hall–Kier alpha value is -1.44. The van der Waals surface area contributed by atoms with Gasteiger partial charge in [-0.25, -0.2) is 4.99 Å². The summed E-state index contributed by atoms with van der Waals surface area (Å²) in [6, 6.07) is 7.67.